The quantitative estimate of drug-likeness (QED) is 0.671. The number of hydroxylamine groups is 2. The fraction of sp³-hybridized carbons (Fsp3) is 0.647. The number of benzene rings is 1. The first kappa shape index (κ1) is 20.9. The molecular weight excluding hydrogens is 397 g/mol. The van der Waals surface area contributed by atoms with Crippen LogP contribution in [-0.4, -0.2) is 76.7 Å². The van der Waals surface area contributed by atoms with E-state index in [4.69, 9.17) is 21.2 Å². The Bertz CT molecular complexity index is 746. The molecule has 2 aliphatic heterocycles. The van der Waals surface area contributed by atoms with E-state index in [-0.39, 0.29) is 11.6 Å². The topological polar surface area (TPSA) is 71.1 Å². The molecule has 3 rings (SSSR count). The van der Waals surface area contributed by atoms with Gasteiger partial charge in [-0.3, -0.25) is 9.74 Å². The maximum atomic E-state index is 13.5. The van der Waals surface area contributed by atoms with Gasteiger partial charge in [0.1, 0.15) is 11.1 Å². The minimum Gasteiger partial charge on any atom is -0.379 e. The molecule has 27 heavy (non-hydrogen) atoms. The summed E-state index contributed by atoms with van der Waals surface area (Å²) in [7, 11) is -1.95. The van der Waals surface area contributed by atoms with Gasteiger partial charge in [-0.1, -0.05) is 17.7 Å². The van der Waals surface area contributed by atoms with E-state index < -0.39 is 27.1 Å². The smallest absolute Gasteiger partial charge is 0.218 e. The van der Waals surface area contributed by atoms with Gasteiger partial charge in [-0.15, -0.1) is 0 Å². The number of halogens is 2. The van der Waals surface area contributed by atoms with Crippen LogP contribution in [0.1, 0.15) is 18.0 Å². The molecule has 1 aromatic carbocycles. The average molecular weight is 422 g/mol. The molecule has 0 bridgehead atoms. The lowest BCUT2D eigenvalue weighted by Gasteiger charge is -2.26. The van der Waals surface area contributed by atoms with Crippen molar-refractivity contribution in [3.63, 3.8) is 0 Å². The van der Waals surface area contributed by atoms with Crippen molar-refractivity contribution in [2.75, 3.05) is 53.0 Å². The summed E-state index contributed by atoms with van der Waals surface area (Å²) in [6.45, 7) is 4.41. The molecule has 1 N–H and O–H groups in total. The summed E-state index contributed by atoms with van der Waals surface area (Å²) in [6, 6.07) is 3.68. The standard InChI is InChI=1S/C17H25ClFN3O4S/c1-21-17(13-3-4-15(19)14(18)11-13)16(12-26-21)27(23,24)20-5-2-6-22-7-9-25-10-8-22/h3-4,11,16-17,20H,2,5-10,12H2,1H3. The van der Waals surface area contributed by atoms with E-state index in [1.54, 1.807) is 7.05 Å². The number of hydrogen-bond acceptors (Lipinski definition) is 6. The number of ether oxygens (including phenoxy) is 1. The van der Waals surface area contributed by atoms with Crippen LogP contribution < -0.4 is 4.72 Å². The maximum absolute atomic E-state index is 13.5. The minimum atomic E-state index is -3.61. The van der Waals surface area contributed by atoms with Gasteiger partial charge in [0.15, 0.2) is 0 Å². The zero-order valence-corrected chi connectivity index (χ0v) is 16.8. The predicted octanol–water partition coefficient (Wildman–Crippen LogP) is 1.41. The zero-order valence-electron chi connectivity index (χ0n) is 15.2. The highest BCUT2D eigenvalue weighted by atomic mass is 35.5. The van der Waals surface area contributed by atoms with E-state index in [0.717, 1.165) is 39.3 Å². The normalized spacial score (nSPS) is 25.1. The summed E-state index contributed by atoms with van der Waals surface area (Å²) < 4.78 is 47.1. The predicted molar refractivity (Wildman–Crippen MR) is 100 cm³/mol. The molecular formula is C17H25ClFN3O4S. The Hall–Kier alpha value is -0.810. The van der Waals surface area contributed by atoms with Crippen molar-refractivity contribution >= 4 is 21.6 Å². The fourth-order valence-corrected chi connectivity index (χ4v) is 5.17. The summed E-state index contributed by atoms with van der Waals surface area (Å²) >= 11 is 5.87. The molecule has 0 saturated carbocycles. The first-order valence-corrected chi connectivity index (χ1v) is 10.9. The van der Waals surface area contributed by atoms with Crippen LogP contribution in [0.15, 0.2) is 18.2 Å². The minimum absolute atomic E-state index is 0.0367. The molecule has 1 aromatic rings. The number of nitrogens with zero attached hydrogens (tertiary/aromatic N) is 2. The molecule has 2 unspecified atom stereocenters. The first-order valence-electron chi connectivity index (χ1n) is 8.98. The van der Waals surface area contributed by atoms with Crippen LogP contribution in [0.3, 0.4) is 0 Å². The molecule has 2 fully saturated rings. The van der Waals surface area contributed by atoms with Crippen molar-refractivity contribution < 1.29 is 22.4 Å². The van der Waals surface area contributed by atoms with E-state index in [0.29, 0.717) is 12.1 Å². The Balaban J connectivity index is 1.60. The lowest BCUT2D eigenvalue weighted by Crippen LogP contribution is -2.41. The van der Waals surface area contributed by atoms with Crippen molar-refractivity contribution in [2.45, 2.75) is 17.7 Å². The second kappa shape index (κ2) is 9.13. The largest absolute Gasteiger partial charge is 0.379 e. The summed E-state index contributed by atoms with van der Waals surface area (Å²) in [5.41, 5.74) is 0.602. The maximum Gasteiger partial charge on any atom is 0.218 e. The Kier molecular flexibility index (Phi) is 7.07. The van der Waals surface area contributed by atoms with Crippen LogP contribution in [0.25, 0.3) is 0 Å². The zero-order chi connectivity index (χ0) is 19.4. The molecule has 152 valence electrons. The summed E-state index contributed by atoms with van der Waals surface area (Å²) in [5, 5.41) is 0.649. The van der Waals surface area contributed by atoms with Gasteiger partial charge in [-0.25, -0.2) is 17.5 Å². The van der Waals surface area contributed by atoms with Crippen molar-refractivity contribution in [2.24, 2.45) is 0 Å². The van der Waals surface area contributed by atoms with E-state index >= 15 is 0 Å². The third-order valence-electron chi connectivity index (χ3n) is 4.93. The van der Waals surface area contributed by atoms with Gasteiger partial charge in [0.05, 0.1) is 30.9 Å². The van der Waals surface area contributed by atoms with Crippen LogP contribution in [0.5, 0.6) is 0 Å². The van der Waals surface area contributed by atoms with E-state index in [2.05, 4.69) is 9.62 Å². The van der Waals surface area contributed by atoms with Crippen LogP contribution in [-0.2, 0) is 19.6 Å². The van der Waals surface area contributed by atoms with Crippen LogP contribution in [0.2, 0.25) is 5.02 Å². The van der Waals surface area contributed by atoms with Gasteiger partial charge < -0.3 is 4.74 Å². The Morgan fingerprint density at radius 1 is 1.33 bits per heavy atom. The van der Waals surface area contributed by atoms with Crippen molar-refractivity contribution in [3.05, 3.63) is 34.6 Å². The van der Waals surface area contributed by atoms with Gasteiger partial charge in [0.25, 0.3) is 0 Å². The molecule has 0 spiro atoms. The first-order chi connectivity index (χ1) is 12.9. The van der Waals surface area contributed by atoms with Gasteiger partial charge in [-0.2, -0.15) is 5.06 Å². The summed E-state index contributed by atoms with van der Waals surface area (Å²) in [5.74, 6) is -0.539. The molecule has 2 heterocycles. The summed E-state index contributed by atoms with van der Waals surface area (Å²) in [4.78, 5) is 7.70. The Morgan fingerprint density at radius 2 is 2.07 bits per heavy atom. The highest BCUT2D eigenvalue weighted by Gasteiger charge is 2.43. The molecule has 2 saturated heterocycles. The molecule has 10 heteroatoms. The van der Waals surface area contributed by atoms with Crippen molar-refractivity contribution in [1.29, 1.82) is 0 Å². The number of sulfonamides is 1. The van der Waals surface area contributed by atoms with Gasteiger partial charge >= 0.3 is 0 Å². The molecule has 0 radical (unpaired) electrons. The van der Waals surface area contributed by atoms with Crippen molar-refractivity contribution in [3.8, 4) is 0 Å². The third kappa shape index (κ3) is 5.17. The molecule has 0 amide bonds. The van der Waals surface area contributed by atoms with E-state index in [1.165, 1.54) is 23.3 Å². The van der Waals surface area contributed by atoms with Crippen LogP contribution >= 0.6 is 11.6 Å². The van der Waals surface area contributed by atoms with E-state index in [9.17, 15) is 12.8 Å². The second-order valence-electron chi connectivity index (χ2n) is 6.75. The molecule has 2 aliphatic rings. The molecule has 0 aliphatic carbocycles. The molecule has 7 nitrogen and oxygen atoms in total. The lowest BCUT2D eigenvalue weighted by molar-refractivity contribution is -0.110. The molecule has 0 aromatic heterocycles. The fourth-order valence-electron chi connectivity index (χ4n) is 3.43. The number of morpholine rings is 1. The summed E-state index contributed by atoms with van der Waals surface area (Å²) in [6.07, 6.45) is 0.718. The van der Waals surface area contributed by atoms with Gasteiger partial charge in [-0.05, 0) is 30.7 Å². The average Bonchev–Trinajstić information content (AvgIpc) is 3.04. The number of rotatable bonds is 7. The van der Waals surface area contributed by atoms with Gasteiger partial charge in [0, 0.05) is 26.7 Å². The highest BCUT2D eigenvalue weighted by molar-refractivity contribution is 7.90. The highest BCUT2D eigenvalue weighted by Crippen LogP contribution is 2.34. The van der Waals surface area contributed by atoms with Crippen LogP contribution in [0, 0.1) is 5.82 Å². The Morgan fingerprint density at radius 3 is 2.78 bits per heavy atom. The van der Waals surface area contributed by atoms with Gasteiger partial charge in [0.2, 0.25) is 10.0 Å². The SMILES string of the molecule is CN1OCC(S(=O)(=O)NCCCN2CCOCC2)C1c1ccc(F)c(Cl)c1. The Labute approximate surface area is 164 Å². The van der Waals surface area contributed by atoms with Crippen LogP contribution in [0.4, 0.5) is 4.39 Å². The number of hydrogen-bond donors (Lipinski definition) is 1. The van der Waals surface area contributed by atoms with Crippen molar-refractivity contribution in [1.82, 2.24) is 14.7 Å². The number of nitrogens with one attached hydrogen (secondary N) is 1. The molecule has 2 atom stereocenters. The lowest BCUT2D eigenvalue weighted by atomic mass is 10.0. The third-order valence-corrected chi connectivity index (χ3v) is 7.02. The second-order valence-corrected chi connectivity index (χ2v) is 9.14. The monoisotopic (exact) mass is 421 g/mol. The van der Waals surface area contributed by atoms with E-state index in [1.807, 2.05) is 0 Å².